The fourth-order valence-electron chi connectivity index (χ4n) is 3.72. The van der Waals surface area contributed by atoms with Crippen molar-refractivity contribution in [3.8, 4) is 16.3 Å². The monoisotopic (exact) mass is 435 g/mol. The van der Waals surface area contributed by atoms with E-state index in [9.17, 15) is 14.7 Å². The number of nitrogens with zero attached hydrogens (tertiary/aromatic N) is 2. The number of benzene rings is 2. The first-order chi connectivity index (χ1) is 15.0. The van der Waals surface area contributed by atoms with Crippen LogP contribution in [0, 0.1) is 12.8 Å². The molecule has 2 heterocycles. The molecule has 0 spiro atoms. The van der Waals surface area contributed by atoms with E-state index in [1.54, 1.807) is 28.4 Å². The number of nitrogens with one attached hydrogen (secondary N) is 1. The number of phenolic OH excluding ortho intramolecular Hbond substituents is 1. The van der Waals surface area contributed by atoms with Crippen LogP contribution >= 0.6 is 11.3 Å². The van der Waals surface area contributed by atoms with Gasteiger partial charge < -0.3 is 15.3 Å². The van der Waals surface area contributed by atoms with Crippen LogP contribution in [0.4, 0.5) is 0 Å². The fraction of sp³-hybridized carbons (Fsp3) is 0.292. The van der Waals surface area contributed by atoms with Crippen molar-refractivity contribution in [1.82, 2.24) is 15.2 Å². The maximum Gasteiger partial charge on any atom is 0.225 e. The third-order valence-electron chi connectivity index (χ3n) is 5.45. The molecule has 1 atom stereocenters. The highest BCUT2D eigenvalue weighted by Crippen LogP contribution is 2.24. The van der Waals surface area contributed by atoms with Gasteiger partial charge in [-0.2, -0.15) is 0 Å². The highest BCUT2D eigenvalue weighted by Gasteiger charge is 2.33. The minimum atomic E-state index is -0.322. The molecule has 1 fully saturated rings. The molecule has 0 saturated carbocycles. The molecule has 1 unspecified atom stereocenters. The molecule has 3 aromatic rings. The second-order valence-electron chi connectivity index (χ2n) is 7.87. The van der Waals surface area contributed by atoms with E-state index in [2.05, 4.69) is 10.3 Å². The van der Waals surface area contributed by atoms with Crippen LogP contribution < -0.4 is 5.32 Å². The minimum Gasteiger partial charge on any atom is -0.508 e. The van der Waals surface area contributed by atoms with E-state index in [0.29, 0.717) is 26.1 Å². The Hall–Kier alpha value is -3.19. The van der Waals surface area contributed by atoms with E-state index < -0.39 is 0 Å². The average molecular weight is 436 g/mol. The van der Waals surface area contributed by atoms with Gasteiger partial charge in [0, 0.05) is 42.7 Å². The molecular formula is C24H25N3O3S. The van der Waals surface area contributed by atoms with Gasteiger partial charge >= 0.3 is 0 Å². The number of aromatic nitrogens is 1. The summed E-state index contributed by atoms with van der Waals surface area (Å²) in [4.78, 5) is 31.3. The highest BCUT2D eigenvalue weighted by atomic mass is 32.1. The minimum absolute atomic E-state index is 0.0139. The summed E-state index contributed by atoms with van der Waals surface area (Å²) in [6.07, 6.45) is 0.948. The summed E-state index contributed by atoms with van der Waals surface area (Å²) in [6.45, 7) is 3.42. The Labute approximate surface area is 185 Å². The quantitative estimate of drug-likeness (QED) is 0.595. The van der Waals surface area contributed by atoms with Gasteiger partial charge in [0.15, 0.2) is 0 Å². The molecular weight excluding hydrogens is 410 g/mol. The average Bonchev–Trinajstić information content (AvgIpc) is 3.37. The van der Waals surface area contributed by atoms with Crippen LogP contribution in [0.15, 0.2) is 53.9 Å². The number of phenols is 1. The lowest BCUT2D eigenvalue weighted by Gasteiger charge is -2.16. The number of carbonyl (C=O) groups excluding carboxylic acids is 2. The smallest absolute Gasteiger partial charge is 0.225 e. The van der Waals surface area contributed by atoms with Gasteiger partial charge in [0.05, 0.1) is 5.92 Å². The van der Waals surface area contributed by atoms with Gasteiger partial charge in [-0.1, -0.05) is 30.3 Å². The zero-order valence-electron chi connectivity index (χ0n) is 17.4. The molecule has 1 aliphatic heterocycles. The van der Waals surface area contributed by atoms with Gasteiger partial charge in [-0.15, -0.1) is 11.3 Å². The molecule has 1 saturated heterocycles. The molecule has 7 heteroatoms. The molecule has 2 aromatic carbocycles. The molecule has 31 heavy (non-hydrogen) atoms. The van der Waals surface area contributed by atoms with Gasteiger partial charge in [-0.3, -0.25) is 9.59 Å². The van der Waals surface area contributed by atoms with E-state index in [1.807, 2.05) is 48.7 Å². The van der Waals surface area contributed by atoms with Crippen LogP contribution in [0.25, 0.3) is 10.6 Å². The van der Waals surface area contributed by atoms with Crippen molar-refractivity contribution < 1.29 is 14.7 Å². The van der Waals surface area contributed by atoms with Crippen LogP contribution in [0.2, 0.25) is 0 Å². The van der Waals surface area contributed by atoms with Gasteiger partial charge in [0.25, 0.3) is 0 Å². The first-order valence-corrected chi connectivity index (χ1v) is 11.2. The van der Waals surface area contributed by atoms with Crippen molar-refractivity contribution in [2.45, 2.75) is 26.3 Å². The van der Waals surface area contributed by atoms with E-state index in [-0.39, 0.29) is 29.9 Å². The highest BCUT2D eigenvalue weighted by molar-refractivity contribution is 7.13. The van der Waals surface area contributed by atoms with Crippen molar-refractivity contribution >= 4 is 23.2 Å². The molecule has 0 aliphatic carbocycles. The third kappa shape index (κ3) is 5.30. The lowest BCUT2D eigenvalue weighted by atomic mass is 10.1. The summed E-state index contributed by atoms with van der Waals surface area (Å²) in [5.74, 6) is -0.168. The Kier molecular flexibility index (Phi) is 6.32. The Morgan fingerprint density at radius 1 is 1.23 bits per heavy atom. The number of amides is 2. The molecule has 6 nitrogen and oxygen atoms in total. The summed E-state index contributed by atoms with van der Waals surface area (Å²) < 4.78 is 0. The van der Waals surface area contributed by atoms with Gasteiger partial charge in [0.2, 0.25) is 11.8 Å². The largest absolute Gasteiger partial charge is 0.508 e. The second-order valence-corrected chi connectivity index (χ2v) is 8.73. The molecule has 1 aliphatic rings. The van der Waals surface area contributed by atoms with E-state index in [4.69, 9.17) is 0 Å². The number of hydrogen-bond donors (Lipinski definition) is 2. The van der Waals surface area contributed by atoms with Crippen molar-refractivity contribution in [1.29, 1.82) is 0 Å². The van der Waals surface area contributed by atoms with Crippen LogP contribution in [0.1, 0.15) is 23.2 Å². The normalized spacial score (nSPS) is 16.0. The van der Waals surface area contributed by atoms with Gasteiger partial charge in [-0.05, 0) is 42.7 Å². The van der Waals surface area contributed by atoms with Crippen molar-refractivity contribution in [2.75, 3.05) is 13.1 Å². The number of rotatable bonds is 7. The van der Waals surface area contributed by atoms with E-state index in [0.717, 1.165) is 27.4 Å². The maximum atomic E-state index is 12.7. The van der Waals surface area contributed by atoms with Crippen LogP contribution in [-0.2, 0) is 22.6 Å². The zero-order valence-corrected chi connectivity index (χ0v) is 18.2. The molecule has 1 aromatic heterocycles. The first-order valence-electron chi connectivity index (χ1n) is 10.3. The summed E-state index contributed by atoms with van der Waals surface area (Å²) in [7, 11) is 0. The van der Waals surface area contributed by atoms with E-state index >= 15 is 0 Å². The summed E-state index contributed by atoms with van der Waals surface area (Å²) in [6, 6.07) is 15.0. The predicted octanol–water partition coefficient (Wildman–Crippen LogP) is 3.53. The lowest BCUT2D eigenvalue weighted by molar-refractivity contribution is -0.129. The number of thiazole rings is 1. The number of carbonyl (C=O) groups is 2. The van der Waals surface area contributed by atoms with Crippen molar-refractivity contribution in [3.05, 3.63) is 70.7 Å². The number of aromatic hydroxyl groups is 1. The molecule has 0 bridgehead atoms. The van der Waals surface area contributed by atoms with E-state index in [1.165, 1.54) is 0 Å². The molecule has 2 amide bonds. The Morgan fingerprint density at radius 3 is 2.77 bits per heavy atom. The Morgan fingerprint density at radius 2 is 2.03 bits per heavy atom. The standard InChI is InChI=1S/C24H25N3O3S/c1-16-15-31-24(26-16)19-4-2-3-18(11-19)13-25-23(30)20-12-22(29)27(14-20)10-9-17-5-7-21(28)8-6-17/h2-8,11,15,20,28H,9-10,12-14H2,1H3,(H,25,30). The molecule has 160 valence electrons. The molecule has 2 N–H and O–H groups in total. The predicted molar refractivity (Wildman–Crippen MR) is 121 cm³/mol. The summed E-state index contributed by atoms with van der Waals surface area (Å²) in [5.41, 5.74) is 4.10. The Balaban J connectivity index is 1.29. The number of hydrogen-bond acceptors (Lipinski definition) is 5. The first kappa shape index (κ1) is 21.1. The summed E-state index contributed by atoms with van der Waals surface area (Å²) in [5, 5.41) is 15.3. The second kappa shape index (κ2) is 9.31. The fourth-order valence-corrected chi connectivity index (χ4v) is 4.52. The van der Waals surface area contributed by atoms with Crippen LogP contribution in [-0.4, -0.2) is 39.9 Å². The topological polar surface area (TPSA) is 82.5 Å². The van der Waals surface area contributed by atoms with Crippen LogP contribution in [0.5, 0.6) is 5.75 Å². The number of aryl methyl sites for hydroxylation is 1. The van der Waals surface area contributed by atoms with Crippen molar-refractivity contribution in [3.63, 3.8) is 0 Å². The Bertz CT molecular complexity index is 1080. The SMILES string of the molecule is Cc1csc(-c2cccc(CNC(=O)C3CC(=O)N(CCc4ccc(O)cc4)C3)c2)n1. The zero-order chi connectivity index (χ0) is 21.8. The van der Waals surface area contributed by atoms with Gasteiger partial charge in [-0.25, -0.2) is 4.98 Å². The number of likely N-dealkylation sites (tertiary alicyclic amines) is 1. The van der Waals surface area contributed by atoms with Crippen LogP contribution in [0.3, 0.4) is 0 Å². The lowest BCUT2D eigenvalue weighted by Crippen LogP contribution is -2.33. The van der Waals surface area contributed by atoms with Crippen molar-refractivity contribution in [2.24, 2.45) is 5.92 Å². The third-order valence-corrected chi connectivity index (χ3v) is 6.46. The summed E-state index contributed by atoms with van der Waals surface area (Å²) >= 11 is 1.61. The maximum absolute atomic E-state index is 12.7. The molecule has 4 rings (SSSR count). The molecule has 0 radical (unpaired) electrons. The van der Waals surface area contributed by atoms with Gasteiger partial charge in [0.1, 0.15) is 10.8 Å².